The zero-order valence-corrected chi connectivity index (χ0v) is 12.6. The summed E-state index contributed by atoms with van der Waals surface area (Å²) in [5.74, 6) is -0.744. The van der Waals surface area contributed by atoms with Crippen molar-refractivity contribution in [3.8, 4) is 0 Å². The smallest absolute Gasteiger partial charge is 0.317 e. The van der Waals surface area contributed by atoms with Crippen LogP contribution in [0.25, 0.3) is 0 Å². The summed E-state index contributed by atoms with van der Waals surface area (Å²) in [6.45, 7) is 5.92. The Labute approximate surface area is 122 Å². The Morgan fingerprint density at radius 3 is 2.89 bits per heavy atom. The third-order valence-electron chi connectivity index (χ3n) is 3.60. The molecule has 1 aromatic heterocycles. The molecule has 1 unspecified atom stereocenters. The van der Waals surface area contributed by atoms with Gasteiger partial charge in [-0.2, -0.15) is 0 Å². The molecule has 0 radical (unpaired) electrons. The van der Waals surface area contributed by atoms with Crippen LogP contribution in [0.2, 0.25) is 4.34 Å². The van der Waals surface area contributed by atoms with E-state index in [4.69, 9.17) is 16.7 Å². The summed E-state index contributed by atoms with van der Waals surface area (Å²) in [4.78, 5) is 15.2. The lowest BCUT2D eigenvalue weighted by Crippen LogP contribution is -2.34. The number of carboxylic acids is 1. The van der Waals surface area contributed by atoms with Crippen molar-refractivity contribution in [3.05, 3.63) is 21.3 Å². The number of carboxylic acid groups (broad SMARTS) is 1. The number of thiophene rings is 1. The van der Waals surface area contributed by atoms with Crippen LogP contribution >= 0.6 is 22.9 Å². The van der Waals surface area contributed by atoms with E-state index >= 15 is 0 Å². The van der Waals surface area contributed by atoms with Gasteiger partial charge in [-0.15, -0.1) is 11.3 Å². The van der Waals surface area contributed by atoms with Crippen molar-refractivity contribution >= 4 is 28.9 Å². The van der Waals surface area contributed by atoms with Gasteiger partial charge in [-0.25, -0.2) is 0 Å². The molecule has 1 aromatic rings. The topological polar surface area (TPSA) is 43.8 Å². The summed E-state index contributed by atoms with van der Waals surface area (Å²) in [6.07, 6.45) is 1.01. The lowest BCUT2D eigenvalue weighted by atomic mass is 10.1. The maximum atomic E-state index is 10.8. The van der Waals surface area contributed by atoms with E-state index in [1.807, 2.05) is 11.0 Å². The predicted molar refractivity (Wildman–Crippen MR) is 78.0 cm³/mol. The van der Waals surface area contributed by atoms with Gasteiger partial charge in [0.25, 0.3) is 0 Å². The zero-order chi connectivity index (χ0) is 13.8. The summed E-state index contributed by atoms with van der Waals surface area (Å²) < 4.78 is 0.823. The monoisotopic (exact) mass is 302 g/mol. The van der Waals surface area contributed by atoms with Gasteiger partial charge in [0.1, 0.15) is 0 Å². The van der Waals surface area contributed by atoms with E-state index in [0.29, 0.717) is 6.04 Å². The fourth-order valence-electron chi connectivity index (χ4n) is 2.48. The molecule has 4 nitrogen and oxygen atoms in total. The Balaban J connectivity index is 1.93. The van der Waals surface area contributed by atoms with Gasteiger partial charge in [0.15, 0.2) is 0 Å². The summed E-state index contributed by atoms with van der Waals surface area (Å²) >= 11 is 7.54. The molecule has 19 heavy (non-hydrogen) atoms. The highest BCUT2D eigenvalue weighted by molar-refractivity contribution is 7.14. The molecule has 0 saturated carbocycles. The second kappa shape index (κ2) is 6.70. The second-order valence-electron chi connectivity index (χ2n) is 4.92. The van der Waals surface area contributed by atoms with Crippen molar-refractivity contribution in [1.29, 1.82) is 0 Å². The molecular weight excluding hydrogens is 284 g/mol. The van der Waals surface area contributed by atoms with E-state index in [1.54, 1.807) is 11.3 Å². The van der Waals surface area contributed by atoms with Crippen LogP contribution in [-0.4, -0.2) is 53.6 Å². The SMILES string of the molecule is CC(c1csc(Cl)c1)N1CCCN(CC(=O)O)CC1. The molecule has 1 atom stereocenters. The van der Waals surface area contributed by atoms with Crippen molar-refractivity contribution in [1.82, 2.24) is 9.80 Å². The minimum Gasteiger partial charge on any atom is -0.480 e. The van der Waals surface area contributed by atoms with Gasteiger partial charge in [0.2, 0.25) is 0 Å². The van der Waals surface area contributed by atoms with Crippen molar-refractivity contribution in [2.24, 2.45) is 0 Å². The Bertz CT molecular complexity index is 438. The van der Waals surface area contributed by atoms with Crippen molar-refractivity contribution in [2.45, 2.75) is 19.4 Å². The zero-order valence-electron chi connectivity index (χ0n) is 11.0. The van der Waals surface area contributed by atoms with E-state index in [1.165, 1.54) is 5.56 Å². The Morgan fingerprint density at radius 1 is 1.47 bits per heavy atom. The number of hydrogen-bond donors (Lipinski definition) is 1. The predicted octanol–water partition coefficient (Wildman–Crippen LogP) is 2.55. The van der Waals surface area contributed by atoms with Gasteiger partial charge in [0.05, 0.1) is 10.9 Å². The molecule has 1 saturated heterocycles. The molecule has 0 bridgehead atoms. The number of rotatable bonds is 4. The van der Waals surface area contributed by atoms with Gasteiger partial charge >= 0.3 is 5.97 Å². The highest BCUT2D eigenvalue weighted by Gasteiger charge is 2.21. The average molecular weight is 303 g/mol. The van der Waals surface area contributed by atoms with Crippen LogP contribution in [0.3, 0.4) is 0 Å². The molecule has 0 amide bonds. The number of carbonyl (C=O) groups is 1. The quantitative estimate of drug-likeness (QED) is 0.928. The molecule has 106 valence electrons. The minimum absolute atomic E-state index is 0.145. The summed E-state index contributed by atoms with van der Waals surface area (Å²) in [7, 11) is 0. The molecule has 1 aliphatic heterocycles. The summed E-state index contributed by atoms with van der Waals surface area (Å²) in [5.41, 5.74) is 1.25. The lowest BCUT2D eigenvalue weighted by Gasteiger charge is -2.27. The standard InChI is InChI=1S/C13H19ClN2O2S/c1-10(11-7-12(14)19-9-11)16-4-2-3-15(5-6-16)8-13(17)18/h7,9-10H,2-6,8H2,1H3,(H,17,18). The molecule has 2 rings (SSSR count). The molecule has 0 aromatic carbocycles. The maximum Gasteiger partial charge on any atom is 0.317 e. The third kappa shape index (κ3) is 4.18. The summed E-state index contributed by atoms with van der Waals surface area (Å²) in [5, 5.41) is 10.9. The molecule has 2 heterocycles. The molecule has 0 aliphatic carbocycles. The molecule has 6 heteroatoms. The highest BCUT2D eigenvalue weighted by atomic mass is 35.5. The van der Waals surface area contributed by atoms with E-state index in [9.17, 15) is 4.79 Å². The van der Waals surface area contributed by atoms with Crippen LogP contribution in [0.15, 0.2) is 11.4 Å². The van der Waals surface area contributed by atoms with Crippen LogP contribution in [-0.2, 0) is 4.79 Å². The maximum absolute atomic E-state index is 10.8. The first kappa shape index (κ1) is 14.8. The van der Waals surface area contributed by atoms with E-state index < -0.39 is 5.97 Å². The minimum atomic E-state index is -0.744. The van der Waals surface area contributed by atoms with E-state index in [-0.39, 0.29) is 6.54 Å². The van der Waals surface area contributed by atoms with Crippen LogP contribution < -0.4 is 0 Å². The van der Waals surface area contributed by atoms with Gasteiger partial charge in [-0.3, -0.25) is 14.6 Å². The fraction of sp³-hybridized carbons (Fsp3) is 0.615. The van der Waals surface area contributed by atoms with E-state index in [2.05, 4.69) is 17.2 Å². The third-order valence-corrected chi connectivity index (χ3v) is 4.71. The largest absolute Gasteiger partial charge is 0.480 e. The number of halogens is 1. The molecule has 1 fully saturated rings. The number of hydrogen-bond acceptors (Lipinski definition) is 4. The molecule has 0 spiro atoms. The Morgan fingerprint density at radius 2 is 2.26 bits per heavy atom. The Kier molecular flexibility index (Phi) is 5.21. The fourth-order valence-corrected chi connectivity index (χ4v) is 3.46. The van der Waals surface area contributed by atoms with Gasteiger partial charge in [0, 0.05) is 32.2 Å². The van der Waals surface area contributed by atoms with Crippen molar-refractivity contribution < 1.29 is 9.90 Å². The first-order valence-corrected chi connectivity index (χ1v) is 7.74. The average Bonchev–Trinajstić information content (AvgIpc) is 2.65. The lowest BCUT2D eigenvalue weighted by molar-refractivity contribution is -0.138. The molecule has 1 aliphatic rings. The van der Waals surface area contributed by atoms with Crippen LogP contribution in [0.5, 0.6) is 0 Å². The van der Waals surface area contributed by atoms with Gasteiger partial charge in [-0.05, 0) is 30.4 Å². The highest BCUT2D eigenvalue weighted by Crippen LogP contribution is 2.28. The number of nitrogens with zero attached hydrogens (tertiary/aromatic N) is 2. The van der Waals surface area contributed by atoms with Crippen LogP contribution in [0.1, 0.15) is 24.9 Å². The molecule has 1 N–H and O–H groups in total. The number of aliphatic carboxylic acids is 1. The van der Waals surface area contributed by atoms with Crippen molar-refractivity contribution in [3.63, 3.8) is 0 Å². The summed E-state index contributed by atoms with van der Waals surface area (Å²) in [6, 6.07) is 2.37. The van der Waals surface area contributed by atoms with Gasteiger partial charge in [-0.1, -0.05) is 11.6 Å². The Hall–Kier alpha value is -0.620. The van der Waals surface area contributed by atoms with Crippen LogP contribution in [0.4, 0.5) is 0 Å². The molecular formula is C13H19ClN2O2S. The normalized spacial score (nSPS) is 20.1. The second-order valence-corrected chi connectivity index (χ2v) is 6.46. The van der Waals surface area contributed by atoms with Crippen LogP contribution in [0, 0.1) is 0 Å². The first-order chi connectivity index (χ1) is 9.06. The van der Waals surface area contributed by atoms with E-state index in [0.717, 1.165) is 36.9 Å². The van der Waals surface area contributed by atoms with Crippen molar-refractivity contribution in [2.75, 3.05) is 32.7 Å². The van der Waals surface area contributed by atoms with Gasteiger partial charge < -0.3 is 5.11 Å². The first-order valence-electron chi connectivity index (χ1n) is 6.48.